The summed E-state index contributed by atoms with van der Waals surface area (Å²) in [6, 6.07) is 8.39. The average molecular weight is 372 g/mol. The molecule has 1 atom stereocenters. The summed E-state index contributed by atoms with van der Waals surface area (Å²) in [5, 5.41) is 8.00. The maximum atomic E-state index is 12.9. The molecule has 1 aromatic carbocycles. The van der Waals surface area contributed by atoms with Crippen molar-refractivity contribution in [1.82, 2.24) is 15.2 Å². The lowest BCUT2D eigenvalue weighted by atomic mass is 10.1. The van der Waals surface area contributed by atoms with Crippen molar-refractivity contribution in [3.05, 3.63) is 35.9 Å². The van der Waals surface area contributed by atoms with Gasteiger partial charge in [0, 0.05) is 19.4 Å². The Labute approximate surface area is 155 Å². The number of ether oxygens (including phenoxy) is 1. The number of piperazine rings is 1. The number of nitrogens with one attached hydrogen (secondary N) is 1. The predicted octanol–water partition coefficient (Wildman–Crippen LogP) is -0.335. The molecular formula is C18H20N4O5. The molecule has 9 nitrogen and oxygen atoms in total. The van der Waals surface area contributed by atoms with Crippen LogP contribution in [-0.2, 0) is 30.5 Å². The van der Waals surface area contributed by atoms with Crippen molar-refractivity contribution < 1.29 is 23.9 Å². The van der Waals surface area contributed by atoms with Crippen LogP contribution in [0.3, 0.4) is 0 Å². The van der Waals surface area contributed by atoms with Crippen LogP contribution in [0.5, 0.6) is 0 Å². The molecule has 0 saturated carbocycles. The number of methoxy groups -OCH3 is 1. The number of hydrogen-bond acceptors (Lipinski definition) is 6. The van der Waals surface area contributed by atoms with E-state index in [-0.39, 0.29) is 50.0 Å². The first kappa shape index (κ1) is 18.6. The van der Waals surface area contributed by atoms with Crippen LogP contribution in [0.1, 0.15) is 18.4 Å². The summed E-state index contributed by atoms with van der Waals surface area (Å²) < 4.78 is 4.72. The highest BCUT2D eigenvalue weighted by atomic mass is 16.5. The van der Waals surface area contributed by atoms with Gasteiger partial charge in [-0.2, -0.15) is 5.10 Å². The fourth-order valence-corrected chi connectivity index (χ4v) is 3.00. The Balaban J connectivity index is 1.81. The molecule has 1 aromatic rings. The number of hydrazone groups is 1. The molecule has 1 saturated heterocycles. The summed E-state index contributed by atoms with van der Waals surface area (Å²) in [4.78, 5) is 49.9. The van der Waals surface area contributed by atoms with Crippen molar-refractivity contribution in [2.24, 2.45) is 5.10 Å². The minimum Gasteiger partial charge on any atom is -0.467 e. The minimum absolute atomic E-state index is 0.0167. The van der Waals surface area contributed by atoms with E-state index in [1.165, 1.54) is 12.1 Å². The largest absolute Gasteiger partial charge is 0.467 e. The maximum Gasteiger partial charge on any atom is 0.330 e. The van der Waals surface area contributed by atoms with Crippen molar-refractivity contribution in [2.45, 2.75) is 25.4 Å². The number of esters is 1. The lowest BCUT2D eigenvalue weighted by Gasteiger charge is -2.34. The van der Waals surface area contributed by atoms with Crippen molar-refractivity contribution in [3.8, 4) is 0 Å². The van der Waals surface area contributed by atoms with Gasteiger partial charge in [-0.15, -0.1) is 0 Å². The van der Waals surface area contributed by atoms with Gasteiger partial charge in [-0.3, -0.25) is 14.4 Å². The second kappa shape index (κ2) is 7.98. The first-order valence-electron chi connectivity index (χ1n) is 8.57. The van der Waals surface area contributed by atoms with Gasteiger partial charge in [0.25, 0.3) is 5.91 Å². The monoisotopic (exact) mass is 372 g/mol. The topological polar surface area (TPSA) is 108 Å². The third-order valence-electron chi connectivity index (χ3n) is 4.44. The summed E-state index contributed by atoms with van der Waals surface area (Å²) in [6.45, 7) is -0.0290. The van der Waals surface area contributed by atoms with Gasteiger partial charge in [0.1, 0.15) is 18.3 Å². The fraction of sp³-hybridized carbons (Fsp3) is 0.389. The number of hydrogen-bond donors (Lipinski definition) is 1. The third-order valence-corrected chi connectivity index (χ3v) is 4.44. The standard InChI is InChI=1S/C18H20N4O5/c1-27-18(26)14-9-19-15(23)11-21(14)17(25)13-7-8-16(24)22(20-13)10-12-5-3-2-4-6-12/h2-6,14H,7-11H2,1H3,(H,19,23). The zero-order valence-electron chi connectivity index (χ0n) is 14.9. The van der Waals surface area contributed by atoms with Crippen LogP contribution >= 0.6 is 0 Å². The number of rotatable bonds is 4. The Bertz CT molecular complexity index is 792. The van der Waals surface area contributed by atoms with Crippen LogP contribution in [0.4, 0.5) is 0 Å². The zero-order valence-corrected chi connectivity index (χ0v) is 14.9. The van der Waals surface area contributed by atoms with Gasteiger partial charge >= 0.3 is 5.97 Å². The van der Waals surface area contributed by atoms with Crippen molar-refractivity contribution >= 4 is 29.4 Å². The molecule has 1 unspecified atom stereocenters. The van der Waals surface area contributed by atoms with Crippen LogP contribution in [0.2, 0.25) is 0 Å². The first-order chi connectivity index (χ1) is 13.0. The number of carbonyl (C=O) groups excluding carboxylic acids is 4. The van der Waals surface area contributed by atoms with E-state index in [4.69, 9.17) is 4.74 Å². The SMILES string of the molecule is COC(=O)C1CNC(=O)CN1C(=O)C1=NN(Cc2ccccc2)C(=O)CC1. The van der Waals surface area contributed by atoms with Gasteiger partial charge in [0.05, 0.1) is 13.7 Å². The van der Waals surface area contributed by atoms with Crippen LogP contribution in [-0.4, -0.2) is 65.6 Å². The van der Waals surface area contributed by atoms with E-state index in [9.17, 15) is 19.2 Å². The molecule has 27 heavy (non-hydrogen) atoms. The summed E-state index contributed by atoms with van der Waals surface area (Å²) in [7, 11) is 1.22. The smallest absolute Gasteiger partial charge is 0.330 e. The Hall–Kier alpha value is -3.23. The molecule has 2 aliphatic rings. The van der Waals surface area contributed by atoms with Crippen molar-refractivity contribution in [1.29, 1.82) is 0 Å². The molecule has 9 heteroatoms. The van der Waals surface area contributed by atoms with Crippen molar-refractivity contribution in [2.75, 3.05) is 20.2 Å². The second-order valence-electron chi connectivity index (χ2n) is 6.26. The molecule has 0 aromatic heterocycles. The highest BCUT2D eigenvalue weighted by Crippen LogP contribution is 2.16. The average Bonchev–Trinajstić information content (AvgIpc) is 2.69. The van der Waals surface area contributed by atoms with E-state index in [1.807, 2.05) is 30.3 Å². The maximum absolute atomic E-state index is 12.9. The van der Waals surface area contributed by atoms with E-state index < -0.39 is 17.9 Å². The molecule has 2 heterocycles. The Morgan fingerprint density at radius 3 is 2.67 bits per heavy atom. The van der Waals surface area contributed by atoms with Gasteiger partial charge in [-0.1, -0.05) is 30.3 Å². The van der Waals surface area contributed by atoms with Crippen LogP contribution in [0.15, 0.2) is 35.4 Å². The van der Waals surface area contributed by atoms with Gasteiger partial charge in [0.15, 0.2) is 0 Å². The van der Waals surface area contributed by atoms with Crippen molar-refractivity contribution in [3.63, 3.8) is 0 Å². The highest BCUT2D eigenvalue weighted by Gasteiger charge is 2.38. The lowest BCUT2D eigenvalue weighted by molar-refractivity contribution is -0.154. The number of amides is 3. The molecule has 0 radical (unpaired) electrons. The molecule has 3 rings (SSSR count). The summed E-state index contributed by atoms with van der Waals surface area (Å²) >= 11 is 0. The first-order valence-corrected chi connectivity index (χ1v) is 8.57. The van der Waals surface area contributed by atoms with E-state index in [1.54, 1.807) is 0 Å². The zero-order chi connectivity index (χ0) is 19.4. The molecule has 0 bridgehead atoms. The number of nitrogens with zero attached hydrogens (tertiary/aromatic N) is 3. The van der Waals surface area contributed by atoms with E-state index in [0.29, 0.717) is 0 Å². The molecule has 0 spiro atoms. The van der Waals surface area contributed by atoms with E-state index >= 15 is 0 Å². The van der Waals surface area contributed by atoms with E-state index in [2.05, 4.69) is 10.4 Å². The summed E-state index contributed by atoms with van der Waals surface area (Å²) in [5.41, 5.74) is 1.03. The third kappa shape index (κ3) is 4.13. The van der Waals surface area contributed by atoms with Gasteiger partial charge in [-0.25, -0.2) is 9.80 Å². The van der Waals surface area contributed by atoms with Gasteiger partial charge in [-0.05, 0) is 5.56 Å². The van der Waals surface area contributed by atoms with Crippen LogP contribution in [0.25, 0.3) is 0 Å². The molecule has 1 N–H and O–H groups in total. The predicted molar refractivity (Wildman–Crippen MR) is 94.2 cm³/mol. The minimum atomic E-state index is -0.914. The summed E-state index contributed by atoms with van der Waals surface area (Å²) in [5.74, 6) is -1.70. The fourth-order valence-electron chi connectivity index (χ4n) is 3.00. The molecule has 2 aliphatic heterocycles. The molecule has 1 fully saturated rings. The Morgan fingerprint density at radius 1 is 1.22 bits per heavy atom. The van der Waals surface area contributed by atoms with Gasteiger partial charge in [0.2, 0.25) is 11.8 Å². The lowest BCUT2D eigenvalue weighted by Crippen LogP contribution is -2.61. The van der Waals surface area contributed by atoms with Crippen LogP contribution in [0, 0.1) is 0 Å². The normalized spacial score (nSPS) is 20.0. The summed E-state index contributed by atoms with van der Waals surface area (Å²) in [6.07, 6.45) is 0.301. The Morgan fingerprint density at radius 2 is 1.96 bits per heavy atom. The number of benzene rings is 1. The number of carbonyl (C=O) groups is 4. The molecule has 142 valence electrons. The highest BCUT2D eigenvalue weighted by molar-refractivity contribution is 6.40. The molecule has 0 aliphatic carbocycles. The van der Waals surface area contributed by atoms with Gasteiger partial charge < -0.3 is 15.0 Å². The molecule has 3 amide bonds. The Kier molecular flexibility index (Phi) is 5.49. The van der Waals surface area contributed by atoms with E-state index in [0.717, 1.165) is 10.5 Å². The quantitative estimate of drug-likeness (QED) is 0.728. The second-order valence-corrected chi connectivity index (χ2v) is 6.26. The molecular weight excluding hydrogens is 352 g/mol. The van der Waals surface area contributed by atoms with Crippen LogP contribution < -0.4 is 5.32 Å².